The predicted molar refractivity (Wildman–Crippen MR) is 101 cm³/mol. The lowest BCUT2D eigenvalue weighted by Gasteiger charge is -2.39. The fraction of sp³-hybridized carbons (Fsp3) is 0.667. The molecule has 0 radical (unpaired) electrons. The minimum Gasteiger partial charge on any atom is -0.497 e. The number of hydrogen-bond acceptors (Lipinski definition) is 3. The van der Waals surface area contributed by atoms with Gasteiger partial charge in [-0.25, -0.2) is 0 Å². The van der Waals surface area contributed by atoms with E-state index in [1.807, 2.05) is 0 Å². The van der Waals surface area contributed by atoms with Crippen molar-refractivity contribution >= 4 is 5.91 Å². The molecule has 1 N–H and O–H groups in total. The molecule has 2 aliphatic rings. The molecule has 3 rings (SSSR count). The number of ether oxygens (including phenoxy) is 1. The third-order valence-electron chi connectivity index (χ3n) is 6.12. The third kappa shape index (κ3) is 5.40. The van der Waals surface area contributed by atoms with Gasteiger partial charge < -0.3 is 15.0 Å². The van der Waals surface area contributed by atoms with Crippen LogP contribution in [0.25, 0.3) is 0 Å². The molecule has 1 heterocycles. The number of nitrogens with zero attached hydrogens (tertiary/aromatic N) is 1. The van der Waals surface area contributed by atoms with E-state index in [2.05, 4.69) is 10.2 Å². The number of nitrogens with one attached hydrogen (secondary N) is 1. The number of alkyl halides is 3. The summed E-state index contributed by atoms with van der Waals surface area (Å²) >= 11 is 0. The summed E-state index contributed by atoms with van der Waals surface area (Å²) in [6.07, 6.45) is 0.390. The van der Waals surface area contributed by atoms with Crippen molar-refractivity contribution in [1.29, 1.82) is 0 Å². The Morgan fingerprint density at radius 2 is 1.75 bits per heavy atom. The summed E-state index contributed by atoms with van der Waals surface area (Å²) in [6.45, 7) is 1.73. The molecule has 28 heavy (non-hydrogen) atoms. The third-order valence-corrected chi connectivity index (χ3v) is 6.12. The molecule has 0 spiro atoms. The minimum atomic E-state index is -4.08. The van der Waals surface area contributed by atoms with Gasteiger partial charge in [0.2, 0.25) is 0 Å². The highest BCUT2D eigenvalue weighted by atomic mass is 19.4. The maximum absolute atomic E-state index is 12.9. The van der Waals surface area contributed by atoms with E-state index in [9.17, 15) is 18.0 Å². The van der Waals surface area contributed by atoms with Gasteiger partial charge in [0.25, 0.3) is 5.91 Å². The van der Waals surface area contributed by atoms with Gasteiger partial charge >= 0.3 is 6.18 Å². The number of piperidine rings is 1. The Morgan fingerprint density at radius 1 is 1.11 bits per heavy atom. The van der Waals surface area contributed by atoms with Gasteiger partial charge in [0.05, 0.1) is 13.0 Å². The molecule has 1 amide bonds. The fourth-order valence-corrected chi connectivity index (χ4v) is 4.38. The number of carbonyl (C=O) groups is 1. The van der Waals surface area contributed by atoms with E-state index in [0.717, 1.165) is 32.2 Å². The Kier molecular flexibility index (Phi) is 6.86. The summed E-state index contributed by atoms with van der Waals surface area (Å²) in [7, 11) is 1.58. The van der Waals surface area contributed by atoms with Crippen molar-refractivity contribution in [3.63, 3.8) is 0 Å². The molecular weight excluding hydrogens is 369 g/mol. The molecule has 2 unspecified atom stereocenters. The van der Waals surface area contributed by atoms with Gasteiger partial charge in [-0.2, -0.15) is 13.2 Å². The van der Waals surface area contributed by atoms with E-state index in [1.54, 1.807) is 31.4 Å². The summed E-state index contributed by atoms with van der Waals surface area (Å²) in [5, 5.41) is 3.16. The van der Waals surface area contributed by atoms with Crippen LogP contribution in [0, 0.1) is 11.8 Å². The highest BCUT2D eigenvalue weighted by Gasteiger charge is 2.41. The second kappa shape index (κ2) is 9.16. The van der Waals surface area contributed by atoms with E-state index in [1.165, 1.54) is 0 Å². The number of methoxy groups -OCH3 is 1. The van der Waals surface area contributed by atoms with E-state index in [4.69, 9.17) is 4.74 Å². The lowest BCUT2D eigenvalue weighted by atomic mass is 9.83. The molecule has 7 heteroatoms. The molecule has 1 saturated carbocycles. The molecule has 1 saturated heterocycles. The van der Waals surface area contributed by atoms with Crippen LogP contribution < -0.4 is 10.1 Å². The Hall–Kier alpha value is -1.76. The zero-order valence-electron chi connectivity index (χ0n) is 16.3. The number of rotatable bonds is 5. The maximum Gasteiger partial charge on any atom is 0.391 e. The highest BCUT2D eigenvalue weighted by Crippen LogP contribution is 2.35. The van der Waals surface area contributed by atoms with Gasteiger partial charge in [-0.05, 0) is 69.0 Å². The molecule has 1 aliphatic carbocycles. The van der Waals surface area contributed by atoms with Crippen molar-refractivity contribution in [3.8, 4) is 5.75 Å². The first kappa shape index (κ1) is 21.0. The van der Waals surface area contributed by atoms with Crippen molar-refractivity contribution in [1.82, 2.24) is 10.2 Å². The number of benzene rings is 1. The molecule has 1 aromatic carbocycles. The van der Waals surface area contributed by atoms with Crippen LogP contribution in [0.1, 0.15) is 48.9 Å². The Balaban J connectivity index is 1.54. The lowest BCUT2D eigenvalue weighted by molar-refractivity contribution is -0.185. The minimum absolute atomic E-state index is 0.0729. The summed E-state index contributed by atoms with van der Waals surface area (Å²) in [5.41, 5.74) is 0.594. The molecule has 1 aliphatic heterocycles. The standard InChI is InChI=1S/C21H29F3N2O2/c1-28-18-8-6-15(7-9-18)20(27)25-19-5-3-2-4-16(19)14-26-12-10-17(11-13-26)21(22,23)24/h6-9,16-17,19H,2-5,10-14H2,1H3,(H,25,27). The lowest BCUT2D eigenvalue weighted by Crippen LogP contribution is -2.48. The van der Waals surface area contributed by atoms with E-state index < -0.39 is 12.1 Å². The molecule has 156 valence electrons. The van der Waals surface area contributed by atoms with E-state index >= 15 is 0 Å². The number of hydrogen-bond donors (Lipinski definition) is 1. The maximum atomic E-state index is 12.9. The van der Waals surface area contributed by atoms with Gasteiger partial charge in [-0.1, -0.05) is 12.8 Å². The Bertz CT molecular complexity index is 640. The number of likely N-dealkylation sites (tertiary alicyclic amines) is 1. The highest BCUT2D eigenvalue weighted by molar-refractivity contribution is 5.94. The van der Waals surface area contributed by atoms with Crippen molar-refractivity contribution in [2.24, 2.45) is 11.8 Å². The molecule has 1 aromatic rings. The Morgan fingerprint density at radius 3 is 2.36 bits per heavy atom. The van der Waals surface area contributed by atoms with Crippen LogP contribution in [0.4, 0.5) is 13.2 Å². The smallest absolute Gasteiger partial charge is 0.391 e. The number of amides is 1. The van der Waals surface area contributed by atoms with E-state index in [0.29, 0.717) is 30.3 Å². The van der Waals surface area contributed by atoms with Crippen LogP contribution in [0.3, 0.4) is 0 Å². The van der Waals surface area contributed by atoms with Crippen molar-refractivity contribution in [3.05, 3.63) is 29.8 Å². The van der Waals surface area contributed by atoms with Gasteiger partial charge in [0, 0.05) is 18.2 Å². The zero-order chi connectivity index (χ0) is 20.1. The van der Waals surface area contributed by atoms with Crippen molar-refractivity contribution in [2.45, 2.75) is 50.7 Å². The van der Waals surface area contributed by atoms with Crippen LogP contribution in [-0.4, -0.2) is 49.8 Å². The van der Waals surface area contributed by atoms with Gasteiger partial charge in [-0.15, -0.1) is 0 Å². The fourth-order valence-electron chi connectivity index (χ4n) is 4.38. The molecule has 4 nitrogen and oxygen atoms in total. The quantitative estimate of drug-likeness (QED) is 0.806. The normalized spacial score (nSPS) is 24.7. The van der Waals surface area contributed by atoms with Crippen LogP contribution >= 0.6 is 0 Å². The summed E-state index contributed by atoms with van der Waals surface area (Å²) in [4.78, 5) is 14.8. The molecule has 0 bridgehead atoms. The van der Waals surface area contributed by atoms with Gasteiger partial charge in [0.15, 0.2) is 0 Å². The largest absolute Gasteiger partial charge is 0.497 e. The molecule has 2 fully saturated rings. The predicted octanol–water partition coefficient (Wildman–Crippen LogP) is 4.26. The topological polar surface area (TPSA) is 41.6 Å². The van der Waals surface area contributed by atoms with E-state index in [-0.39, 0.29) is 24.8 Å². The second-order valence-corrected chi connectivity index (χ2v) is 7.97. The second-order valence-electron chi connectivity index (χ2n) is 7.97. The number of halogens is 3. The first-order valence-electron chi connectivity index (χ1n) is 10.1. The summed E-state index contributed by atoms with van der Waals surface area (Å²) < 4.78 is 43.7. The van der Waals surface area contributed by atoms with Crippen molar-refractivity contribution in [2.75, 3.05) is 26.7 Å². The SMILES string of the molecule is COc1ccc(C(=O)NC2CCCCC2CN2CCC(C(F)(F)F)CC2)cc1. The summed E-state index contributed by atoms with van der Waals surface area (Å²) in [5.74, 6) is -0.274. The van der Waals surface area contributed by atoms with Gasteiger partial charge in [-0.3, -0.25) is 4.79 Å². The molecule has 0 aromatic heterocycles. The molecular formula is C21H29F3N2O2. The average molecular weight is 398 g/mol. The van der Waals surface area contributed by atoms with Crippen LogP contribution in [0.15, 0.2) is 24.3 Å². The first-order valence-corrected chi connectivity index (χ1v) is 10.1. The number of carbonyl (C=O) groups excluding carboxylic acids is 1. The zero-order valence-corrected chi connectivity index (χ0v) is 16.3. The van der Waals surface area contributed by atoms with Crippen molar-refractivity contribution < 1.29 is 22.7 Å². The average Bonchev–Trinajstić information content (AvgIpc) is 2.69. The monoisotopic (exact) mass is 398 g/mol. The van der Waals surface area contributed by atoms with Crippen LogP contribution in [0.5, 0.6) is 5.75 Å². The van der Waals surface area contributed by atoms with Crippen LogP contribution in [0.2, 0.25) is 0 Å². The van der Waals surface area contributed by atoms with Gasteiger partial charge in [0.1, 0.15) is 5.75 Å². The molecule has 2 atom stereocenters. The summed E-state index contributed by atoms with van der Waals surface area (Å²) in [6, 6.07) is 7.08. The van der Waals surface area contributed by atoms with Crippen LogP contribution in [-0.2, 0) is 0 Å². The first-order chi connectivity index (χ1) is 13.4. The Labute approximate surface area is 164 Å².